The van der Waals surface area contributed by atoms with Gasteiger partial charge in [-0.3, -0.25) is 0 Å². The zero-order valence-corrected chi connectivity index (χ0v) is 12.8. The Morgan fingerprint density at radius 3 is 2.27 bits per heavy atom. The molecular weight excluding hydrogens is 294 g/mol. The Labute approximate surface area is 133 Å². The summed E-state index contributed by atoms with van der Waals surface area (Å²) < 4.78 is 0. The Morgan fingerprint density at radius 2 is 1.68 bits per heavy atom. The van der Waals surface area contributed by atoms with Gasteiger partial charge in [-0.2, -0.15) is 10.2 Å². The summed E-state index contributed by atoms with van der Waals surface area (Å²) in [6, 6.07) is 17.7. The van der Waals surface area contributed by atoms with Crippen LogP contribution >= 0.6 is 11.8 Å². The highest BCUT2D eigenvalue weighted by Crippen LogP contribution is 2.19. The smallest absolute Gasteiger partial charge is 0.150 e. The predicted octanol–water partition coefficient (Wildman–Crippen LogP) is 2.56. The SMILES string of the molecule is C=N/N=C(\SCc1ccc(/C(N)=N/N)cc1)c1ccccc1. The molecule has 2 aromatic carbocycles. The highest BCUT2D eigenvalue weighted by atomic mass is 32.2. The Bertz CT molecular complexity index is 677. The van der Waals surface area contributed by atoms with Gasteiger partial charge in [-0.15, -0.1) is 5.10 Å². The molecule has 0 aliphatic heterocycles. The highest BCUT2D eigenvalue weighted by molar-refractivity contribution is 8.13. The summed E-state index contributed by atoms with van der Waals surface area (Å²) in [6.07, 6.45) is 0. The summed E-state index contributed by atoms with van der Waals surface area (Å²) in [4.78, 5) is 0. The first-order valence-electron chi connectivity index (χ1n) is 6.59. The molecule has 2 rings (SSSR count). The molecule has 0 aromatic heterocycles. The first-order valence-corrected chi connectivity index (χ1v) is 7.57. The summed E-state index contributed by atoms with van der Waals surface area (Å²) in [5.74, 6) is 6.25. The summed E-state index contributed by atoms with van der Waals surface area (Å²) in [7, 11) is 0. The molecule has 0 bridgehead atoms. The lowest BCUT2D eigenvalue weighted by molar-refractivity contribution is 1.23. The van der Waals surface area contributed by atoms with Crippen LogP contribution < -0.4 is 11.6 Å². The van der Waals surface area contributed by atoms with Crippen molar-refractivity contribution in [2.75, 3.05) is 0 Å². The van der Waals surface area contributed by atoms with Crippen LogP contribution in [0.4, 0.5) is 0 Å². The molecule has 0 fully saturated rings. The molecule has 0 radical (unpaired) electrons. The number of nitrogens with two attached hydrogens (primary N) is 2. The lowest BCUT2D eigenvalue weighted by Gasteiger charge is -2.06. The maximum atomic E-state index is 5.66. The van der Waals surface area contributed by atoms with Gasteiger partial charge in [0.2, 0.25) is 0 Å². The van der Waals surface area contributed by atoms with Gasteiger partial charge in [0.25, 0.3) is 0 Å². The van der Waals surface area contributed by atoms with Gasteiger partial charge in [-0.1, -0.05) is 66.4 Å². The predicted molar refractivity (Wildman–Crippen MR) is 95.2 cm³/mol. The highest BCUT2D eigenvalue weighted by Gasteiger charge is 2.05. The lowest BCUT2D eigenvalue weighted by Crippen LogP contribution is -2.15. The molecule has 4 N–H and O–H groups in total. The Morgan fingerprint density at radius 1 is 1.00 bits per heavy atom. The monoisotopic (exact) mass is 311 g/mol. The van der Waals surface area contributed by atoms with E-state index >= 15 is 0 Å². The lowest BCUT2D eigenvalue weighted by atomic mass is 10.1. The van der Waals surface area contributed by atoms with E-state index in [9.17, 15) is 0 Å². The third-order valence-corrected chi connectivity index (χ3v) is 4.02. The number of nitrogens with zero attached hydrogens (tertiary/aromatic N) is 3. The van der Waals surface area contributed by atoms with Gasteiger partial charge in [0, 0.05) is 23.6 Å². The van der Waals surface area contributed by atoms with Crippen LogP contribution in [0.15, 0.2) is 69.9 Å². The maximum Gasteiger partial charge on any atom is 0.150 e. The number of thioether (sulfide) groups is 1. The van der Waals surface area contributed by atoms with Crippen molar-refractivity contribution < 1.29 is 0 Å². The summed E-state index contributed by atoms with van der Waals surface area (Å²) in [5.41, 5.74) is 8.64. The van der Waals surface area contributed by atoms with E-state index in [2.05, 4.69) is 22.0 Å². The first kappa shape index (κ1) is 15.8. The molecule has 0 spiro atoms. The molecule has 0 saturated carbocycles. The van der Waals surface area contributed by atoms with Crippen molar-refractivity contribution >= 4 is 29.4 Å². The van der Waals surface area contributed by atoms with Crippen molar-refractivity contribution in [1.82, 2.24) is 0 Å². The van der Waals surface area contributed by atoms with Crippen molar-refractivity contribution in [3.63, 3.8) is 0 Å². The van der Waals surface area contributed by atoms with Crippen molar-refractivity contribution in [2.24, 2.45) is 26.9 Å². The second-order valence-electron chi connectivity index (χ2n) is 4.41. The van der Waals surface area contributed by atoms with Crippen molar-refractivity contribution in [3.8, 4) is 0 Å². The zero-order chi connectivity index (χ0) is 15.8. The third-order valence-electron chi connectivity index (χ3n) is 2.95. The van der Waals surface area contributed by atoms with Gasteiger partial charge >= 0.3 is 0 Å². The van der Waals surface area contributed by atoms with Gasteiger partial charge in [-0.05, 0) is 5.56 Å². The molecular formula is C16H17N5S. The fraction of sp³-hybridized carbons (Fsp3) is 0.0625. The van der Waals surface area contributed by atoms with E-state index in [1.807, 2.05) is 54.6 Å². The fourth-order valence-electron chi connectivity index (χ4n) is 1.81. The van der Waals surface area contributed by atoms with Gasteiger partial charge in [0.1, 0.15) is 10.9 Å². The standard InChI is InChI=1S/C16H17N5S/c1-19-21-16(14-5-3-2-4-6-14)22-11-12-7-9-13(10-8-12)15(17)20-18/h2-10H,1,11,18H2,(H2,17,20)/b21-16-. The molecule has 0 atom stereocenters. The van der Waals surface area contributed by atoms with E-state index in [4.69, 9.17) is 11.6 Å². The van der Waals surface area contributed by atoms with Crippen molar-refractivity contribution in [2.45, 2.75) is 5.75 Å². The van der Waals surface area contributed by atoms with Crippen LogP contribution in [0.1, 0.15) is 16.7 Å². The second-order valence-corrected chi connectivity index (χ2v) is 5.38. The quantitative estimate of drug-likeness (QED) is 0.385. The number of hydrogen-bond donors (Lipinski definition) is 2. The number of hydrogen-bond acceptors (Lipinski definition) is 5. The minimum absolute atomic E-state index is 0.321. The maximum absolute atomic E-state index is 5.66. The van der Waals surface area contributed by atoms with Crippen LogP contribution in [0.5, 0.6) is 0 Å². The Balaban J connectivity index is 2.07. The minimum atomic E-state index is 0.321. The average molecular weight is 311 g/mol. The second kappa shape index (κ2) is 7.99. The fourth-order valence-corrected chi connectivity index (χ4v) is 2.73. The molecule has 0 aliphatic carbocycles. The number of hydrazone groups is 1. The zero-order valence-electron chi connectivity index (χ0n) is 12.0. The van der Waals surface area contributed by atoms with Gasteiger partial charge in [0.15, 0.2) is 0 Å². The molecule has 22 heavy (non-hydrogen) atoms. The number of benzene rings is 2. The van der Waals surface area contributed by atoms with Crippen molar-refractivity contribution in [1.29, 1.82) is 0 Å². The van der Waals surface area contributed by atoms with Crippen LogP contribution in [-0.2, 0) is 5.75 Å². The molecule has 5 nitrogen and oxygen atoms in total. The molecule has 0 saturated heterocycles. The average Bonchev–Trinajstić information content (AvgIpc) is 2.59. The van der Waals surface area contributed by atoms with Crippen LogP contribution in [-0.4, -0.2) is 17.6 Å². The molecule has 0 aliphatic rings. The van der Waals surface area contributed by atoms with E-state index in [1.54, 1.807) is 11.8 Å². The van der Waals surface area contributed by atoms with Crippen LogP contribution in [0.2, 0.25) is 0 Å². The molecule has 0 amide bonds. The summed E-state index contributed by atoms with van der Waals surface area (Å²) in [6.45, 7) is 3.43. The molecule has 6 heteroatoms. The molecule has 2 aromatic rings. The Hall–Kier alpha value is -2.60. The first-order chi connectivity index (χ1) is 10.7. The number of rotatable bonds is 5. The van der Waals surface area contributed by atoms with Crippen LogP contribution in [0, 0.1) is 0 Å². The molecule has 0 heterocycles. The third kappa shape index (κ3) is 4.20. The van der Waals surface area contributed by atoms with E-state index in [1.165, 1.54) is 0 Å². The normalized spacial score (nSPS) is 12.2. The molecule has 112 valence electrons. The Kier molecular flexibility index (Phi) is 5.73. The van der Waals surface area contributed by atoms with Gasteiger partial charge in [-0.25, -0.2) is 0 Å². The van der Waals surface area contributed by atoms with E-state index in [0.717, 1.165) is 27.5 Å². The van der Waals surface area contributed by atoms with Gasteiger partial charge in [0.05, 0.1) is 0 Å². The van der Waals surface area contributed by atoms with E-state index < -0.39 is 0 Å². The van der Waals surface area contributed by atoms with Gasteiger partial charge < -0.3 is 11.6 Å². The minimum Gasteiger partial charge on any atom is -0.382 e. The topological polar surface area (TPSA) is 89.1 Å². The van der Waals surface area contributed by atoms with Crippen LogP contribution in [0.25, 0.3) is 0 Å². The van der Waals surface area contributed by atoms with Crippen LogP contribution in [0.3, 0.4) is 0 Å². The largest absolute Gasteiger partial charge is 0.382 e. The van der Waals surface area contributed by atoms with Crippen molar-refractivity contribution in [3.05, 3.63) is 71.3 Å². The summed E-state index contributed by atoms with van der Waals surface area (Å²) >= 11 is 1.60. The summed E-state index contributed by atoms with van der Waals surface area (Å²) in [5, 5.41) is 12.1. The number of amidine groups is 1. The van der Waals surface area contributed by atoms with E-state index in [0.29, 0.717) is 5.84 Å². The molecule has 0 unspecified atom stereocenters. The van der Waals surface area contributed by atoms with E-state index in [-0.39, 0.29) is 0 Å².